The molecule has 0 aliphatic heterocycles. The highest BCUT2D eigenvalue weighted by Crippen LogP contribution is 2.32. The van der Waals surface area contributed by atoms with Crippen LogP contribution in [0.25, 0.3) is 22.4 Å². The lowest BCUT2D eigenvalue weighted by Crippen LogP contribution is -1.99. The van der Waals surface area contributed by atoms with Gasteiger partial charge in [-0.3, -0.25) is 4.68 Å². The number of nitrogens with two attached hydrogens (primary N) is 1. The standard InChI is InChI=1S/C16H16N6S/c1-3-4-22-8-14(10(2)21-22)15-5-12(11-7-19-23-9-11)13(6-17)16(18)20-15/h5,7-9H,3-4H2,1-2H3,(H2,18,20). The molecule has 0 saturated heterocycles. The van der Waals surface area contributed by atoms with Gasteiger partial charge in [-0.05, 0) is 30.9 Å². The summed E-state index contributed by atoms with van der Waals surface area (Å²) in [4.78, 5) is 4.40. The molecule has 2 N–H and O–H groups in total. The predicted octanol–water partition coefficient (Wildman–Crippen LogP) is 3.24. The molecule has 23 heavy (non-hydrogen) atoms. The number of pyridine rings is 1. The van der Waals surface area contributed by atoms with Crippen molar-refractivity contribution >= 4 is 17.4 Å². The van der Waals surface area contributed by atoms with Crippen LogP contribution in [0.3, 0.4) is 0 Å². The Hall–Kier alpha value is -2.72. The van der Waals surface area contributed by atoms with E-state index in [2.05, 4.69) is 27.4 Å². The first kappa shape index (κ1) is 15.2. The van der Waals surface area contributed by atoms with E-state index in [1.54, 1.807) is 6.20 Å². The van der Waals surface area contributed by atoms with Crippen molar-refractivity contribution in [2.45, 2.75) is 26.8 Å². The van der Waals surface area contributed by atoms with E-state index in [4.69, 9.17) is 5.73 Å². The summed E-state index contributed by atoms with van der Waals surface area (Å²) in [6, 6.07) is 4.03. The number of hydrogen-bond acceptors (Lipinski definition) is 6. The predicted molar refractivity (Wildman–Crippen MR) is 90.7 cm³/mol. The minimum atomic E-state index is 0.230. The third kappa shape index (κ3) is 2.81. The number of nitriles is 1. The van der Waals surface area contributed by atoms with Gasteiger partial charge in [0.1, 0.15) is 17.5 Å². The Bertz CT molecular complexity index is 873. The van der Waals surface area contributed by atoms with E-state index in [0.29, 0.717) is 5.56 Å². The summed E-state index contributed by atoms with van der Waals surface area (Å²) < 4.78 is 6.02. The zero-order valence-electron chi connectivity index (χ0n) is 12.9. The Morgan fingerprint density at radius 2 is 2.22 bits per heavy atom. The van der Waals surface area contributed by atoms with Crippen LogP contribution in [0.1, 0.15) is 24.6 Å². The highest BCUT2D eigenvalue weighted by atomic mass is 32.1. The molecular weight excluding hydrogens is 308 g/mol. The summed E-state index contributed by atoms with van der Waals surface area (Å²) in [5.41, 5.74) is 10.6. The van der Waals surface area contributed by atoms with E-state index in [1.165, 1.54) is 11.5 Å². The van der Waals surface area contributed by atoms with Crippen molar-refractivity contribution in [3.8, 4) is 28.5 Å². The van der Waals surface area contributed by atoms with Gasteiger partial charge in [0.05, 0.1) is 11.4 Å². The van der Waals surface area contributed by atoms with Crippen LogP contribution in [0.15, 0.2) is 23.8 Å². The van der Waals surface area contributed by atoms with Crippen LogP contribution in [0.2, 0.25) is 0 Å². The molecule has 0 aromatic carbocycles. The summed E-state index contributed by atoms with van der Waals surface area (Å²) in [6.45, 7) is 4.91. The summed E-state index contributed by atoms with van der Waals surface area (Å²) >= 11 is 1.34. The van der Waals surface area contributed by atoms with Gasteiger partial charge >= 0.3 is 0 Å². The van der Waals surface area contributed by atoms with Crippen LogP contribution in [0.4, 0.5) is 5.82 Å². The van der Waals surface area contributed by atoms with E-state index in [0.717, 1.165) is 41.0 Å². The third-order valence-electron chi connectivity index (χ3n) is 3.58. The molecule has 3 aromatic rings. The van der Waals surface area contributed by atoms with E-state index in [9.17, 15) is 5.26 Å². The van der Waals surface area contributed by atoms with Crippen molar-refractivity contribution in [2.75, 3.05) is 5.73 Å². The van der Waals surface area contributed by atoms with Crippen LogP contribution in [0.5, 0.6) is 0 Å². The number of aryl methyl sites for hydroxylation is 2. The second-order valence-electron chi connectivity index (χ2n) is 5.23. The summed E-state index contributed by atoms with van der Waals surface area (Å²) in [7, 11) is 0. The van der Waals surface area contributed by atoms with Gasteiger partial charge in [0.2, 0.25) is 0 Å². The van der Waals surface area contributed by atoms with E-state index in [-0.39, 0.29) is 5.82 Å². The Morgan fingerprint density at radius 1 is 1.39 bits per heavy atom. The SMILES string of the molecule is CCCn1cc(-c2cc(-c3cnsc3)c(C#N)c(N)n2)c(C)n1. The topological polar surface area (TPSA) is 93.4 Å². The number of anilines is 1. The molecule has 0 amide bonds. The van der Waals surface area contributed by atoms with Crippen LogP contribution in [-0.4, -0.2) is 19.1 Å². The fourth-order valence-corrected chi connectivity index (χ4v) is 3.04. The molecule has 0 spiro atoms. The first-order chi connectivity index (χ1) is 11.1. The second kappa shape index (κ2) is 6.18. The van der Waals surface area contributed by atoms with Crippen molar-refractivity contribution in [1.82, 2.24) is 19.1 Å². The molecule has 0 atom stereocenters. The minimum absolute atomic E-state index is 0.230. The summed E-state index contributed by atoms with van der Waals surface area (Å²) in [5, 5.41) is 15.8. The molecule has 7 heteroatoms. The van der Waals surface area contributed by atoms with Crippen molar-refractivity contribution < 1.29 is 0 Å². The van der Waals surface area contributed by atoms with Gasteiger partial charge in [0.25, 0.3) is 0 Å². The van der Waals surface area contributed by atoms with Gasteiger partial charge in [0, 0.05) is 41.0 Å². The fraction of sp³-hybridized carbons (Fsp3) is 0.250. The maximum atomic E-state index is 9.38. The van der Waals surface area contributed by atoms with Gasteiger partial charge in [-0.25, -0.2) is 9.36 Å². The van der Waals surface area contributed by atoms with Crippen molar-refractivity contribution in [3.63, 3.8) is 0 Å². The smallest absolute Gasteiger partial charge is 0.142 e. The third-order valence-corrected chi connectivity index (χ3v) is 4.16. The van der Waals surface area contributed by atoms with Crippen molar-refractivity contribution in [3.05, 3.63) is 35.1 Å². The maximum Gasteiger partial charge on any atom is 0.142 e. The molecule has 0 unspecified atom stereocenters. The quantitative estimate of drug-likeness (QED) is 0.795. The molecule has 0 radical (unpaired) electrons. The maximum absolute atomic E-state index is 9.38. The Kier molecular flexibility index (Phi) is 4.08. The van der Waals surface area contributed by atoms with E-state index >= 15 is 0 Å². The van der Waals surface area contributed by atoms with Crippen LogP contribution in [0, 0.1) is 18.3 Å². The molecule has 3 heterocycles. The van der Waals surface area contributed by atoms with Gasteiger partial charge < -0.3 is 5.73 Å². The minimum Gasteiger partial charge on any atom is -0.383 e. The van der Waals surface area contributed by atoms with Crippen molar-refractivity contribution in [2.24, 2.45) is 0 Å². The molecule has 3 rings (SSSR count). The first-order valence-corrected chi connectivity index (χ1v) is 8.12. The monoisotopic (exact) mass is 324 g/mol. The lowest BCUT2D eigenvalue weighted by atomic mass is 10.0. The number of nitrogens with zero attached hydrogens (tertiary/aromatic N) is 5. The molecular formula is C16H16N6S. The zero-order chi connectivity index (χ0) is 16.4. The zero-order valence-corrected chi connectivity index (χ0v) is 13.8. The molecule has 6 nitrogen and oxygen atoms in total. The fourth-order valence-electron chi connectivity index (χ4n) is 2.50. The number of rotatable bonds is 4. The highest BCUT2D eigenvalue weighted by Gasteiger charge is 2.16. The highest BCUT2D eigenvalue weighted by molar-refractivity contribution is 7.03. The van der Waals surface area contributed by atoms with Crippen LogP contribution < -0.4 is 5.73 Å². The second-order valence-corrected chi connectivity index (χ2v) is 5.89. The van der Waals surface area contributed by atoms with Gasteiger partial charge in [-0.2, -0.15) is 10.4 Å². The largest absolute Gasteiger partial charge is 0.383 e. The molecule has 0 aliphatic rings. The lowest BCUT2D eigenvalue weighted by molar-refractivity contribution is 0.598. The molecule has 0 fully saturated rings. The molecule has 116 valence electrons. The lowest BCUT2D eigenvalue weighted by Gasteiger charge is -2.07. The molecule has 0 bridgehead atoms. The molecule has 0 saturated carbocycles. The Balaban J connectivity index is 2.17. The molecule has 0 aliphatic carbocycles. The number of aromatic nitrogens is 4. The van der Waals surface area contributed by atoms with Crippen molar-refractivity contribution in [1.29, 1.82) is 5.26 Å². The van der Waals surface area contributed by atoms with Gasteiger partial charge in [0.15, 0.2) is 0 Å². The molecule has 3 aromatic heterocycles. The van der Waals surface area contributed by atoms with E-state index < -0.39 is 0 Å². The van der Waals surface area contributed by atoms with Gasteiger partial charge in [-0.15, -0.1) is 0 Å². The number of nitrogen functional groups attached to an aromatic ring is 1. The summed E-state index contributed by atoms with van der Waals surface area (Å²) in [5.74, 6) is 0.230. The van der Waals surface area contributed by atoms with Crippen LogP contribution >= 0.6 is 11.5 Å². The first-order valence-electron chi connectivity index (χ1n) is 7.28. The normalized spacial score (nSPS) is 10.7. The number of hydrogen-bond donors (Lipinski definition) is 1. The summed E-state index contributed by atoms with van der Waals surface area (Å²) in [6.07, 6.45) is 4.72. The van der Waals surface area contributed by atoms with Gasteiger partial charge in [-0.1, -0.05) is 6.92 Å². The Labute approximate surface area is 138 Å². The average Bonchev–Trinajstić information content (AvgIpc) is 3.16. The Morgan fingerprint density at radius 3 is 2.87 bits per heavy atom. The van der Waals surface area contributed by atoms with E-state index in [1.807, 2.05) is 29.2 Å². The van der Waals surface area contributed by atoms with Crippen LogP contribution in [-0.2, 0) is 6.54 Å². The average molecular weight is 324 g/mol.